The van der Waals surface area contributed by atoms with Gasteiger partial charge in [0.1, 0.15) is 12.4 Å². The Balaban J connectivity index is 1.60. The number of alkyl halides is 5. The molecule has 3 heterocycles. The summed E-state index contributed by atoms with van der Waals surface area (Å²) < 4.78 is 73.3. The number of nitrogens with zero attached hydrogens (tertiary/aromatic N) is 4. The zero-order chi connectivity index (χ0) is 26.3. The molecule has 1 N–H and O–H groups in total. The van der Waals surface area contributed by atoms with Gasteiger partial charge in [-0.3, -0.25) is 9.48 Å². The van der Waals surface area contributed by atoms with E-state index >= 15 is 0 Å². The molecule has 1 aliphatic rings. The first-order chi connectivity index (χ1) is 16.8. The number of aryl methyl sites for hydroxylation is 1. The van der Waals surface area contributed by atoms with Crippen molar-refractivity contribution in [3.63, 3.8) is 0 Å². The number of nitrogens with one attached hydrogen (secondary N) is 1. The van der Waals surface area contributed by atoms with Crippen LogP contribution in [0.25, 0.3) is 11.1 Å². The maximum Gasteiger partial charge on any atom is 0.417 e. The summed E-state index contributed by atoms with van der Waals surface area (Å²) in [6, 6.07) is 7.69. The van der Waals surface area contributed by atoms with Crippen molar-refractivity contribution in [1.82, 2.24) is 19.7 Å². The Labute approximate surface area is 207 Å². The van der Waals surface area contributed by atoms with Gasteiger partial charge in [0, 0.05) is 36.6 Å². The molecule has 4 rings (SSSR count). The molecule has 7 nitrogen and oxygen atoms in total. The van der Waals surface area contributed by atoms with E-state index in [-0.39, 0.29) is 18.1 Å². The quantitative estimate of drug-likeness (QED) is 0.466. The van der Waals surface area contributed by atoms with Gasteiger partial charge in [0.05, 0.1) is 17.7 Å². The molecule has 0 saturated carbocycles. The summed E-state index contributed by atoms with van der Waals surface area (Å²) >= 11 is 5.95. The summed E-state index contributed by atoms with van der Waals surface area (Å²) in [5.41, 5.74) is 0.0800. The molecule has 192 valence electrons. The van der Waals surface area contributed by atoms with Crippen LogP contribution in [0.4, 0.5) is 27.8 Å². The molecule has 1 fully saturated rings. The summed E-state index contributed by atoms with van der Waals surface area (Å²) in [5.74, 6) is -0.665. The van der Waals surface area contributed by atoms with Crippen LogP contribution in [0.2, 0.25) is 5.02 Å². The minimum absolute atomic E-state index is 0.0395. The highest BCUT2D eigenvalue weighted by Gasteiger charge is 2.48. The second-order valence-electron chi connectivity index (χ2n) is 8.34. The molecule has 3 aromatic rings. The van der Waals surface area contributed by atoms with Crippen LogP contribution < -0.4 is 5.32 Å². The van der Waals surface area contributed by atoms with Crippen LogP contribution >= 0.6 is 11.6 Å². The van der Waals surface area contributed by atoms with E-state index in [4.69, 9.17) is 16.3 Å². The number of benzene rings is 1. The van der Waals surface area contributed by atoms with Gasteiger partial charge in [0.15, 0.2) is 5.69 Å². The Bertz CT molecular complexity index is 1230. The molecule has 36 heavy (non-hydrogen) atoms. The third-order valence-corrected chi connectivity index (χ3v) is 5.94. The van der Waals surface area contributed by atoms with E-state index in [0.29, 0.717) is 22.3 Å². The van der Waals surface area contributed by atoms with Gasteiger partial charge < -0.3 is 15.0 Å². The monoisotopic (exact) mass is 529 g/mol. The van der Waals surface area contributed by atoms with E-state index in [1.165, 1.54) is 11.6 Å². The van der Waals surface area contributed by atoms with E-state index in [2.05, 4.69) is 15.4 Å². The number of carbonyl (C=O) groups is 1. The Morgan fingerprint density at radius 2 is 1.92 bits per heavy atom. The van der Waals surface area contributed by atoms with Crippen molar-refractivity contribution in [1.29, 1.82) is 0 Å². The molecule has 2 atom stereocenters. The van der Waals surface area contributed by atoms with Gasteiger partial charge in [-0.2, -0.15) is 27.1 Å². The third-order valence-electron chi connectivity index (χ3n) is 5.69. The number of morpholine rings is 1. The highest BCUT2D eigenvalue weighted by Crippen LogP contribution is 2.33. The molecule has 2 aromatic heterocycles. The second-order valence-corrected chi connectivity index (χ2v) is 8.78. The van der Waals surface area contributed by atoms with Crippen molar-refractivity contribution in [2.24, 2.45) is 7.05 Å². The number of halogens is 6. The predicted octanol–water partition coefficient (Wildman–Crippen LogP) is 5.09. The zero-order valence-electron chi connectivity index (χ0n) is 19.1. The molecule has 1 aromatic carbocycles. The van der Waals surface area contributed by atoms with E-state index in [0.717, 1.165) is 17.0 Å². The predicted molar refractivity (Wildman–Crippen MR) is 122 cm³/mol. The number of anilines is 1. The standard InChI is InChI=1S/C23H21ClF5N5O2/c1-13-18(10-31-19-8-5-15(9-30-19)23(27,28)29)34(12-22(25,26)36-13)21(35)20-17(11-33(2)32-20)14-3-6-16(24)7-4-14/h3-9,11,13,18H,10,12H2,1-2H3,(H,30,31)/t13-,18+/m0/s1. The van der Waals surface area contributed by atoms with Crippen LogP contribution in [-0.4, -0.2) is 56.9 Å². The van der Waals surface area contributed by atoms with Crippen LogP contribution in [0.15, 0.2) is 48.8 Å². The normalized spacial score (nSPS) is 19.8. The first kappa shape index (κ1) is 25.8. The lowest BCUT2D eigenvalue weighted by Crippen LogP contribution is -2.61. The van der Waals surface area contributed by atoms with E-state index < -0.39 is 42.4 Å². The largest absolute Gasteiger partial charge is 0.417 e. The Morgan fingerprint density at radius 1 is 1.22 bits per heavy atom. The number of aromatic nitrogens is 3. The summed E-state index contributed by atoms with van der Waals surface area (Å²) in [6.45, 7) is 0.252. The minimum Gasteiger partial charge on any atom is -0.368 e. The van der Waals surface area contributed by atoms with Crippen LogP contribution in [0.5, 0.6) is 0 Å². The molecule has 13 heteroatoms. The number of hydrogen-bond donors (Lipinski definition) is 1. The first-order valence-corrected chi connectivity index (χ1v) is 11.2. The second kappa shape index (κ2) is 9.66. The highest BCUT2D eigenvalue weighted by molar-refractivity contribution is 6.30. The molecule has 1 saturated heterocycles. The van der Waals surface area contributed by atoms with Gasteiger partial charge in [-0.25, -0.2) is 4.98 Å². The molecule has 0 aliphatic carbocycles. The van der Waals surface area contributed by atoms with E-state index in [1.54, 1.807) is 37.5 Å². The highest BCUT2D eigenvalue weighted by atomic mass is 35.5. The van der Waals surface area contributed by atoms with E-state index in [1.807, 2.05) is 0 Å². The van der Waals surface area contributed by atoms with Crippen molar-refractivity contribution < 1.29 is 31.5 Å². The molecular formula is C23H21ClF5N5O2. The summed E-state index contributed by atoms with van der Waals surface area (Å²) in [7, 11) is 1.60. The lowest BCUT2D eigenvalue weighted by Gasteiger charge is -2.43. The average Bonchev–Trinajstić information content (AvgIpc) is 3.19. The van der Waals surface area contributed by atoms with Crippen LogP contribution in [-0.2, 0) is 18.0 Å². The van der Waals surface area contributed by atoms with Gasteiger partial charge in [-0.05, 0) is 36.8 Å². The van der Waals surface area contributed by atoms with Gasteiger partial charge in [-0.15, -0.1) is 0 Å². The lowest BCUT2D eigenvalue weighted by atomic mass is 10.0. The molecule has 0 spiro atoms. The number of carbonyl (C=O) groups excluding carboxylic acids is 1. The zero-order valence-corrected chi connectivity index (χ0v) is 19.8. The van der Waals surface area contributed by atoms with Gasteiger partial charge in [0.2, 0.25) is 0 Å². The fourth-order valence-corrected chi connectivity index (χ4v) is 4.08. The Kier molecular flexibility index (Phi) is 6.93. The number of pyridine rings is 1. The molecule has 1 aliphatic heterocycles. The number of rotatable bonds is 5. The van der Waals surface area contributed by atoms with Crippen LogP contribution in [0, 0.1) is 0 Å². The number of hydrogen-bond acceptors (Lipinski definition) is 5. The molecule has 1 amide bonds. The van der Waals surface area contributed by atoms with Crippen molar-refractivity contribution in [2.45, 2.75) is 31.4 Å². The summed E-state index contributed by atoms with van der Waals surface area (Å²) in [4.78, 5) is 18.2. The number of amides is 1. The Morgan fingerprint density at radius 3 is 2.53 bits per heavy atom. The Hall–Kier alpha value is -3.25. The summed E-state index contributed by atoms with van der Waals surface area (Å²) in [6.07, 6.45) is -7.00. The fraction of sp³-hybridized carbons (Fsp3) is 0.348. The topological polar surface area (TPSA) is 72.3 Å². The average molecular weight is 530 g/mol. The maximum atomic E-state index is 14.4. The maximum absolute atomic E-state index is 14.4. The minimum atomic E-state index is -4.55. The van der Waals surface area contributed by atoms with Gasteiger partial charge in [-0.1, -0.05) is 23.7 Å². The third kappa shape index (κ3) is 5.59. The molecule has 0 unspecified atom stereocenters. The molecule has 0 radical (unpaired) electrons. The smallest absolute Gasteiger partial charge is 0.368 e. The van der Waals surface area contributed by atoms with Crippen molar-refractivity contribution in [2.75, 3.05) is 18.4 Å². The van der Waals surface area contributed by atoms with Crippen molar-refractivity contribution >= 4 is 23.3 Å². The van der Waals surface area contributed by atoms with Gasteiger partial charge in [0.25, 0.3) is 5.91 Å². The van der Waals surface area contributed by atoms with Crippen molar-refractivity contribution in [3.05, 3.63) is 65.1 Å². The van der Waals surface area contributed by atoms with Crippen molar-refractivity contribution in [3.8, 4) is 11.1 Å². The first-order valence-electron chi connectivity index (χ1n) is 10.8. The van der Waals surface area contributed by atoms with E-state index in [9.17, 15) is 26.7 Å². The molecule has 0 bridgehead atoms. The SMILES string of the molecule is C[C@@H]1OC(F)(F)CN(C(=O)c2nn(C)cc2-c2ccc(Cl)cc2)[C@@H]1CNc1ccc(C(F)(F)F)cn1. The number of ether oxygens (including phenoxy) is 1. The summed E-state index contributed by atoms with van der Waals surface area (Å²) in [5, 5.41) is 7.50. The molecular weight excluding hydrogens is 509 g/mol. The fourth-order valence-electron chi connectivity index (χ4n) is 3.95. The van der Waals surface area contributed by atoms with Crippen LogP contribution in [0.3, 0.4) is 0 Å². The van der Waals surface area contributed by atoms with Gasteiger partial charge >= 0.3 is 12.3 Å². The lowest BCUT2D eigenvalue weighted by molar-refractivity contribution is -0.298. The van der Waals surface area contributed by atoms with Crippen LogP contribution in [0.1, 0.15) is 23.0 Å².